The Bertz CT molecular complexity index is 371. The van der Waals surface area contributed by atoms with Crippen LogP contribution in [-0.4, -0.2) is 25.2 Å². The lowest BCUT2D eigenvalue weighted by atomic mass is 9.95. The first-order valence-electron chi connectivity index (χ1n) is 6.65. The molecule has 1 heterocycles. The van der Waals surface area contributed by atoms with Crippen LogP contribution in [0.15, 0.2) is 24.3 Å². The molecule has 1 fully saturated rings. The van der Waals surface area contributed by atoms with Gasteiger partial charge in [0.05, 0.1) is 0 Å². The third-order valence-corrected chi connectivity index (χ3v) is 3.69. The average Bonchev–Trinajstić information content (AvgIpc) is 2.25. The van der Waals surface area contributed by atoms with Crippen molar-refractivity contribution in [3.8, 4) is 0 Å². The first kappa shape index (κ1) is 12.4. The number of rotatable bonds is 1. The summed E-state index contributed by atoms with van der Waals surface area (Å²) in [6, 6.07) is 8.88. The molecule has 1 N–H and O–H groups in total. The predicted molar refractivity (Wildman–Crippen MR) is 74.7 cm³/mol. The summed E-state index contributed by atoms with van der Waals surface area (Å²) in [5.41, 5.74) is 2.96. The van der Waals surface area contributed by atoms with E-state index in [-0.39, 0.29) is 5.54 Å². The molecule has 94 valence electrons. The molecule has 17 heavy (non-hydrogen) atoms. The number of hydrogen-bond acceptors (Lipinski definition) is 2. The van der Waals surface area contributed by atoms with E-state index < -0.39 is 0 Å². The lowest BCUT2D eigenvalue weighted by Crippen LogP contribution is -2.49. The molecule has 0 amide bonds. The van der Waals surface area contributed by atoms with Crippen molar-refractivity contribution in [3.63, 3.8) is 0 Å². The summed E-state index contributed by atoms with van der Waals surface area (Å²) in [6.45, 7) is 10.3. The van der Waals surface area contributed by atoms with Gasteiger partial charge in [-0.25, -0.2) is 0 Å². The molecule has 1 aromatic carbocycles. The SMILES string of the molecule is Cc1cccc(N2CCCNCCC2(C)C)c1. The van der Waals surface area contributed by atoms with Gasteiger partial charge in [-0.05, 0) is 64.4 Å². The zero-order chi connectivity index (χ0) is 12.3. The van der Waals surface area contributed by atoms with Crippen LogP contribution in [0, 0.1) is 6.92 Å². The summed E-state index contributed by atoms with van der Waals surface area (Å²) >= 11 is 0. The summed E-state index contributed by atoms with van der Waals surface area (Å²) < 4.78 is 0. The van der Waals surface area contributed by atoms with Crippen LogP contribution in [0.2, 0.25) is 0 Å². The van der Waals surface area contributed by atoms with Gasteiger partial charge in [-0.1, -0.05) is 12.1 Å². The van der Waals surface area contributed by atoms with Crippen molar-refractivity contribution in [1.29, 1.82) is 0 Å². The molecule has 1 aromatic rings. The lowest BCUT2D eigenvalue weighted by molar-refractivity contribution is 0.387. The van der Waals surface area contributed by atoms with Gasteiger partial charge >= 0.3 is 0 Å². The molecule has 0 spiro atoms. The number of benzene rings is 1. The Morgan fingerprint density at radius 3 is 2.82 bits per heavy atom. The van der Waals surface area contributed by atoms with E-state index >= 15 is 0 Å². The molecular weight excluding hydrogens is 208 g/mol. The van der Waals surface area contributed by atoms with Crippen LogP contribution in [0.5, 0.6) is 0 Å². The zero-order valence-electron chi connectivity index (χ0n) is 11.3. The van der Waals surface area contributed by atoms with E-state index in [9.17, 15) is 0 Å². The minimum absolute atomic E-state index is 0.237. The van der Waals surface area contributed by atoms with E-state index in [2.05, 4.69) is 55.3 Å². The largest absolute Gasteiger partial charge is 0.366 e. The Balaban J connectivity index is 2.26. The third-order valence-electron chi connectivity index (χ3n) is 3.69. The second-order valence-corrected chi connectivity index (χ2v) is 5.66. The first-order valence-corrected chi connectivity index (χ1v) is 6.65. The topological polar surface area (TPSA) is 15.3 Å². The summed E-state index contributed by atoms with van der Waals surface area (Å²) in [7, 11) is 0. The van der Waals surface area contributed by atoms with Gasteiger partial charge < -0.3 is 10.2 Å². The van der Waals surface area contributed by atoms with Crippen LogP contribution >= 0.6 is 0 Å². The van der Waals surface area contributed by atoms with E-state index in [1.807, 2.05) is 0 Å². The molecule has 0 aromatic heterocycles. The van der Waals surface area contributed by atoms with Gasteiger partial charge in [0.2, 0.25) is 0 Å². The number of nitrogens with one attached hydrogen (secondary N) is 1. The quantitative estimate of drug-likeness (QED) is 0.801. The molecule has 1 aliphatic rings. The van der Waals surface area contributed by atoms with E-state index in [1.165, 1.54) is 24.1 Å². The van der Waals surface area contributed by atoms with E-state index in [1.54, 1.807) is 0 Å². The fourth-order valence-corrected chi connectivity index (χ4v) is 2.59. The average molecular weight is 232 g/mol. The number of hydrogen-bond donors (Lipinski definition) is 1. The summed E-state index contributed by atoms with van der Waals surface area (Å²) in [5.74, 6) is 0. The predicted octanol–water partition coefficient (Wildman–Crippen LogP) is 2.96. The van der Waals surface area contributed by atoms with Crippen LogP contribution in [0.4, 0.5) is 5.69 Å². The first-order chi connectivity index (χ1) is 8.09. The zero-order valence-corrected chi connectivity index (χ0v) is 11.3. The van der Waals surface area contributed by atoms with Gasteiger partial charge in [0.15, 0.2) is 0 Å². The van der Waals surface area contributed by atoms with E-state index in [4.69, 9.17) is 0 Å². The summed E-state index contributed by atoms with van der Waals surface area (Å²) in [5, 5.41) is 3.50. The maximum atomic E-state index is 3.50. The van der Waals surface area contributed by atoms with Gasteiger partial charge in [0.25, 0.3) is 0 Å². The van der Waals surface area contributed by atoms with Gasteiger partial charge in [0.1, 0.15) is 0 Å². The van der Waals surface area contributed by atoms with Crippen molar-refractivity contribution in [2.75, 3.05) is 24.5 Å². The number of aryl methyl sites for hydroxylation is 1. The van der Waals surface area contributed by atoms with Gasteiger partial charge in [-0.15, -0.1) is 0 Å². The molecule has 1 aliphatic heterocycles. The lowest BCUT2D eigenvalue weighted by Gasteiger charge is -2.42. The second kappa shape index (κ2) is 5.09. The molecule has 0 bridgehead atoms. The minimum atomic E-state index is 0.237. The van der Waals surface area contributed by atoms with Gasteiger partial charge in [-0.2, -0.15) is 0 Å². The van der Waals surface area contributed by atoms with Gasteiger partial charge in [0, 0.05) is 17.8 Å². The molecule has 0 saturated carbocycles. The fraction of sp³-hybridized carbons (Fsp3) is 0.600. The fourth-order valence-electron chi connectivity index (χ4n) is 2.59. The molecule has 1 saturated heterocycles. The van der Waals surface area contributed by atoms with Crippen LogP contribution in [0.1, 0.15) is 32.3 Å². The standard InChI is InChI=1S/C15H24N2/c1-13-6-4-7-14(12-13)17-11-5-9-16-10-8-15(17,2)3/h4,6-7,12,16H,5,8-11H2,1-3H3. The minimum Gasteiger partial charge on any atom is -0.366 e. The molecule has 2 heteroatoms. The normalized spacial score (nSPS) is 20.8. The Morgan fingerprint density at radius 2 is 2.06 bits per heavy atom. The van der Waals surface area contributed by atoms with Crippen molar-refractivity contribution in [3.05, 3.63) is 29.8 Å². The van der Waals surface area contributed by atoms with Crippen LogP contribution in [0.3, 0.4) is 0 Å². The Hall–Kier alpha value is -1.02. The van der Waals surface area contributed by atoms with Crippen molar-refractivity contribution >= 4 is 5.69 Å². The number of nitrogens with zero attached hydrogens (tertiary/aromatic N) is 1. The van der Waals surface area contributed by atoms with E-state index in [0.29, 0.717) is 0 Å². The van der Waals surface area contributed by atoms with Crippen molar-refractivity contribution in [2.45, 2.75) is 39.2 Å². The smallest absolute Gasteiger partial charge is 0.0373 e. The molecule has 2 nitrogen and oxygen atoms in total. The number of anilines is 1. The highest BCUT2D eigenvalue weighted by molar-refractivity contribution is 5.50. The maximum Gasteiger partial charge on any atom is 0.0373 e. The molecular formula is C15H24N2. The summed E-state index contributed by atoms with van der Waals surface area (Å²) in [4.78, 5) is 2.57. The van der Waals surface area contributed by atoms with Crippen molar-refractivity contribution in [1.82, 2.24) is 5.32 Å². The molecule has 0 radical (unpaired) electrons. The van der Waals surface area contributed by atoms with Crippen LogP contribution in [-0.2, 0) is 0 Å². The Morgan fingerprint density at radius 1 is 1.24 bits per heavy atom. The van der Waals surface area contributed by atoms with Crippen molar-refractivity contribution < 1.29 is 0 Å². The monoisotopic (exact) mass is 232 g/mol. The third kappa shape index (κ3) is 3.01. The molecule has 0 aliphatic carbocycles. The Labute approximate surface area is 105 Å². The molecule has 0 unspecified atom stereocenters. The van der Waals surface area contributed by atoms with E-state index in [0.717, 1.165) is 19.6 Å². The Kier molecular flexibility index (Phi) is 3.72. The van der Waals surface area contributed by atoms with Gasteiger partial charge in [-0.3, -0.25) is 0 Å². The van der Waals surface area contributed by atoms with Crippen LogP contribution < -0.4 is 10.2 Å². The van der Waals surface area contributed by atoms with Crippen molar-refractivity contribution in [2.24, 2.45) is 0 Å². The highest BCUT2D eigenvalue weighted by atomic mass is 15.2. The second-order valence-electron chi connectivity index (χ2n) is 5.66. The molecule has 0 atom stereocenters. The summed E-state index contributed by atoms with van der Waals surface area (Å²) in [6.07, 6.45) is 2.41. The maximum absolute atomic E-state index is 3.50. The highest BCUT2D eigenvalue weighted by Crippen LogP contribution is 2.28. The molecule has 2 rings (SSSR count). The highest BCUT2D eigenvalue weighted by Gasteiger charge is 2.27. The van der Waals surface area contributed by atoms with Crippen LogP contribution in [0.25, 0.3) is 0 Å².